The van der Waals surface area contributed by atoms with Crippen LogP contribution in [-0.2, 0) is 24.0 Å². The van der Waals surface area contributed by atoms with Crippen molar-refractivity contribution in [2.45, 2.75) is 87.0 Å². The first-order valence-electron chi connectivity index (χ1n) is 8.55. The standard InChI is InChI=1S/C8H18.5C2H4O2/c1-3-5-7-8-6-4-2;5*1-2(3)4/h3-8H2,1-2H3;5*1H3,(H,3,4). The smallest absolute Gasteiger partial charge is 0.300 e. The normalized spacial score (nSPS) is 7.25. The Labute approximate surface area is 167 Å². The zero-order chi connectivity index (χ0) is 24.1. The van der Waals surface area contributed by atoms with E-state index in [1.165, 1.54) is 38.5 Å². The molecule has 0 aliphatic rings. The molecule has 0 aliphatic carbocycles. The van der Waals surface area contributed by atoms with Crippen LogP contribution in [0.15, 0.2) is 0 Å². The van der Waals surface area contributed by atoms with Crippen molar-refractivity contribution in [1.82, 2.24) is 0 Å². The van der Waals surface area contributed by atoms with E-state index in [0.717, 1.165) is 34.6 Å². The number of rotatable bonds is 5. The van der Waals surface area contributed by atoms with Gasteiger partial charge in [0.2, 0.25) is 0 Å². The van der Waals surface area contributed by atoms with Crippen LogP contribution in [0.2, 0.25) is 0 Å². The molecule has 0 fully saturated rings. The Balaban J connectivity index is -0.0000000536. The van der Waals surface area contributed by atoms with Gasteiger partial charge < -0.3 is 25.5 Å². The maximum atomic E-state index is 9.00. The molecule has 170 valence electrons. The average Bonchev–Trinajstić information content (AvgIpc) is 2.40. The second-order valence-corrected chi connectivity index (χ2v) is 5.01. The molecule has 0 saturated carbocycles. The molecular weight excluding hydrogens is 376 g/mol. The van der Waals surface area contributed by atoms with E-state index in [4.69, 9.17) is 49.5 Å². The highest BCUT2D eigenvalue weighted by Crippen LogP contribution is 2.03. The monoisotopic (exact) mass is 414 g/mol. The average molecular weight is 414 g/mol. The molecule has 0 amide bonds. The Kier molecular flexibility index (Phi) is 56.5. The van der Waals surface area contributed by atoms with Crippen LogP contribution in [0.1, 0.15) is 87.0 Å². The van der Waals surface area contributed by atoms with Crippen molar-refractivity contribution in [3.8, 4) is 0 Å². The van der Waals surface area contributed by atoms with Crippen molar-refractivity contribution in [2.75, 3.05) is 0 Å². The molecule has 0 aromatic rings. The van der Waals surface area contributed by atoms with Gasteiger partial charge in [-0.15, -0.1) is 0 Å². The number of carboxylic acid groups (broad SMARTS) is 5. The van der Waals surface area contributed by atoms with Crippen molar-refractivity contribution < 1.29 is 49.5 Å². The van der Waals surface area contributed by atoms with E-state index in [2.05, 4.69) is 13.8 Å². The molecule has 0 radical (unpaired) electrons. The fraction of sp³-hybridized carbons (Fsp3) is 0.722. The Hall–Kier alpha value is -2.65. The van der Waals surface area contributed by atoms with E-state index in [-0.39, 0.29) is 0 Å². The number of hydrogen-bond donors (Lipinski definition) is 5. The quantitative estimate of drug-likeness (QED) is 0.414. The van der Waals surface area contributed by atoms with E-state index in [9.17, 15) is 0 Å². The fourth-order valence-electron chi connectivity index (χ4n) is 0.854. The lowest BCUT2D eigenvalue weighted by atomic mass is 10.1. The molecule has 0 saturated heterocycles. The van der Waals surface area contributed by atoms with Crippen molar-refractivity contribution in [2.24, 2.45) is 0 Å². The summed E-state index contributed by atoms with van der Waals surface area (Å²) >= 11 is 0. The van der Waals surface area contributed by atoms with Crippen LogP contribution in [0.4, 0.5) is 0 Å². The fourth-order valence-corrected chi connectivity index (χ4v) is 0.854. The molecule has 0 aromatic carbocycles. The predicted octanol–water partition coefficient (Wildman–Crippen LogP) is 3.82. The summed E-state index contributed by atoms with van der Waals surface area (Å²) in [5, 5.41) is 37.1. The predicted molar refractivity (Wildman–Crippen MR) is 106 cm³/mol. The molecule has 0 aliphatic heterocycles. The van der Waals surface area contributed by atoms with Gasteiger partial charge in [-0.3, -0.25) is 24.0 Å². The molecular formula is C18H38O10. The largest absolute Gasteiger partial charge is 0.481 e. The highest BCUT2D eigenvalue weighted by molar-refractivity contribution is 5.63. The lowest BCUT2D eigenvalue weighted by Gasteiger charge is -1.93. The van der Waals surface area contributed by atoms with Crippen LogP contribution in [0.3, 0.4) is 0 Å². The first-order chi connectivity index (χ1) is 12.6. The molecule has 0 rings (SSSR count). The van der Waals surface area contributed by atoms with Crippen LogP contribution in [-0.4, -0.2) is 55.4 Å². The number of unbranched alkanes of at least 4 members (excludes halogenated alkanes) is 5. The van der Waals surface area contributed by atoms with Crippen LogP contribution in [0.5, 0.6) is 0 Å². The number of aliphatic carboxylic acids is 5. The Morgan fingerprint density at radius 2 is 0.536 bits per heavy atom. The molecule has 5 N–H and O–H groups in total. The lowest BCUT2D eigenvalue weighted by Crippen LogP contribution is -1.78. The maximum absolute atomic E-state index is 9.00. The lowest BCUT2D eigenvalue weighted by molar-refractivity contribution is -0.135. The molecule has 0 atom stereocenters. The molecule has 10 heteroatoms. The van der Waals surface area contributed by atoms with E-state index < -0.39 is 29.8 Å². The van der Waals surface area contributed by atoms with Crippen molar-refractivity contribution in [3.63, 3.8) is 0 Å². The van der Waals surface area contributed by atoms with Gasteiger partial charge in [0.25, 0.3) is 29.8 Å². The first kappa shape index (κ1) is 40.1. The van der Waals surface area contributed by atoms with E-state index >= 15 is 0 Å². The van der Waals surface area contributed by atoms with Gasteiger partial charge in [-0.05, 0) is 0 Å². The summed E-state index contributed by atoms with van der Waals surface area (Å²) in [6, 6.07) is 0. The zero-order valence-corrected chi connectivity index (χ0v) is 18.0. The van der Waals surface area contributed by atoms with Gasteiger partial charge in [0.05, 0.1) is 0 Å². The first-order valence-corrected chi connectivity index (χ1v) is 8.55. The Bertz CT molecular complexity index is 283. The number of carbonyl (C=O) groups is 5. The summed E-state index contributed by atoms with van der Waals surface area (Å²) in [6.45, 7) is 9.93. The van der Waals surface area contributed by atoms with Crippen molar-refractivity contribution in [1.29, 1.82) is 0 Å². The molecule has 0 bridgehead atoms. The maximum Gasteiger partial charge on any atom is 0.300 e. The Morgan fingerprint density at radius 3 is 0.607 bits per heavy atom. The molecule has 0 aromatic heterocycles. The van der Waals surface area contributed by atoms with E-state index in [0.29, 0.717) is 0 Å². The highest BCUT2D eigenvalue weighted by Gasteiger charge is 1.83. The van der Waals surface area contributed by atoms with Crippen LogP contribution in [0.25, 0.3) is 0 Å². The van der Waals surface area contributed by atoms with Gasteiger partial charge in [-0.25, -0.2) is 0 Å². The van der Waals surface area contributed by atoms with Crippen LogP contribution in [0, 0.1) is 0 Å². The third-order valence-corrected chi connectivity index (χ3v) is 1.46. The van der Waals surface area contributed by atoms with Crippen LogP contribution >= 0.6 is 0 Å². The third-order valence-electron chi connectivity index (χ3n) is 1.46. The summed E-state index contributed by atoms with van der Waals surface area (Å²) in [6.07, 6.45) is 8.49. The van der Waals surface area contributed by atoms with E-state index in [1.54, 1.807) is 0 Å². The second kappa shape index (κ2) is 39.4. The van der Waals surface area contributed by atoms with E-state index in [1.807, 2.05) is 0 Å². The zero-order valence-electron chi connectivity index (χ0n) is 18.0. The SMILES string of the molecule is CC(=O)O.CC(=O)O.CC(=O)O.CC(=O)O.CC(=O)O.CCCCCCCC. The third kappa shape index (κ3) is 2110. The second-order valence-electron chi connectivity index (χ2n) is 5.01. The van der Waals surface area contributed by atoms with Gasteiger partial charge in [-0.1, -0.05) is 52.4 Å². The summed E-state index contributed by atoms with van der Waals surface area (Å²) in [5.41, 5.74) is 0. The summed E-state index contributed by atoms with van der Waals surface area (Å²) in [5.74, 6) is -4.17. The summed E-state index contributed by atoms with van der Waals surface area (Å²) < 4.78 is 0. The summed E-state index contributed by atoms with van der Waals surface area (Å²) in [7, 11) is 0. The minimum Gasteiger partial charge on any atom is -0.481 e. The van der Waals surface area contributed by atoms with Crippen LogP contribution < -0.4 is 0 Å². The van der Waals surface area contributed by atoms with Gasteiger partial charge in [0, 0.05) is 34.6 Å². The topological polar surface area (TPSA) is 186 Å². The molecule has 10 nitrogen and oxygen atoms in total. The molecule has 0 unspecified atom stereocenters. The minimum atomic E-state index is -0.833. The molecule has 28 heavy (non-hydrogen) atoms. The van der Waals surface area contributed by atoms with Gasteiger partial charge in [0.15, 0.2) is 0 Å². The van der Waals surface area contributed by atoms with Gasteiger partial charge >= 0.3 is 0 Å². The molecule has 0 heterocycles. The number of hydrogen-bond acceptors (Lipinski definition) is 5. The Morgan fingerprint density at radius 1 is 0.429 bits per heavy atom. The summed E-state index contributed by atoms with van der Waals surface area (Å²) in [4.78, 5) is 45.0. The number of carboxylic acids is 5. The van der Waals surface area contributed by atoms with Gasteiger partial charge in [0.1, 0.15) is 0 Å². The minimum absolute atomic E-state index is 0.833. The highest BCUT2D eigenvalue weighted by atomic mass is 16.4. The molecule has 0 spiro atoms. The van der Waals surface area contributed by atoms with Gasteiger partial charge in [-0.2, -0.15) is 0 Å². The van der Waals surface area contributed by atoms with Crippen molar-refractivity contribution >= 4 is 29.8 Å². The van der Waals surface area contributed by atoms with Crippen molar-refractivity contribution in [3.05, 3.63) is 0 Å².